The number of hydrogen-bond donors (Lipinski definition) is 2. The van der Waals surface area contributed by atoms with E-state index >= 15 is 0 Å². The Balaban J connectivity index is 2.00. The first-order valence-electron chi connectivity index (χ1n) is 11.1. The molecule has 1 atom stereocenters. The van der Waals surface area contributed by atoms with Gasteiger partial charge < -0.3 is 10.1 Å². The number of pyridine rings is 1. The van der Waals surface area contributed by atoms with Crippen molar-refractivity contribution >= 4 is 10.9 Å². The van der Waals surface area contributed by atoms with E-state index in [-0.39, 0.29) is 23.7 Å². The van der Waals surface area contributed by atoms with Crippen LogP contribution in [-0.4, -0.2) is 48.3 Å². The lowest BCUT2D eigenvalue weighted by molar-refractivity contribution is 0.144. The number of aryl methyl sites for hydroxylation is 1. The Morgan fingerprint density at radius 1 is 1.26 bits per heavy atom. The van der Waals surface area contributed by atoms with Crippen LogP contribution in [0, 0.1) is 6.92 Å². The number of aliphatic hydroxyl groups is 1. The van der Waals surface area contributed by atoms with Crippen molar-refractivity contribution < 1.29 is 5.11 Å². The molecular formula is C23H34N6O2. The first kappa shape index (κ1) is 23.1. The maximum atomic E-state index is 12.8. The van der Waals surface area contributed by atoms with Crippen molar-refractivity contribution in [1.82, 2.24) is 30.1 Å². The van der Waals surface area contributed by atoms with Crippen LogP contribution in [0.4, 0.5) is 0 Å². The molecule has 0 aliphatic heterocycles. The monoisotopic (exact) mass is 426 g/mol. The summed E-state index contributed by atoms with van der Waals surface area (Å²) in [6, 6.07) is 7.91. The number of H-pyrrole nitrogens is 1. The van der Waals surface area contributed by atoms with E-state index in [2.05, 4.69) is 59.2 Å². The molecule has 0 aliphatic carbocycles. The van der Waals surface area contributed by atoms with E-state index in [0.29, 0.717) is 25.1 Å². The zero-order valence-electron chi connectivity index (χ0n) is 19.2. The van der Waals surface area contributed by atoms with Crippen LogP contribution < -0.4 is 5.56 Å². The van der Waals surface area contributed by atoms with E-state index in [4.69, 9.17) is 0 Å². The Morgan fingerprint density at radius 2 is 2.03 bits per heavy atom. The summed E-state index contributed by atoms with van der Waals surface area (Å²) < 4.78 is 1.90. The summed E-state index contributed by atoms with van der Waals surface area (Å²) in [6.07, 6.45) is 2.29. The molecule has 31 heavy (non-hydrogen) atoms. The minimum absolute atomic E-state index is 0.0695. The molecule has 0 amide bonds. The molecule has 3 rings (SSSR count). The molecule has 168 valence electrons. The summed E-state index contributed by atoms with van der Waals surface area (Å²) >= 11 is 0. The van der Waals surface area contributed by atoms with Crippen LogP contribution in [0.15, 0.2) is 29.1 Å². The number of aromatic nitrogens is 5. The fourth-order valence-electron chi connectivity index (χ4n) is 3.91. The van der Waals surface area contributed by atoms with Gasteiger partial charge in [-0.05, 0) is 74.0 Å². The van der Waals surface area contributed by atoms with Gasteiger partial charge in [-0.25, -0.2) is 4.68 Å². The van der Waals surface area contributed by atoms with E-state index in [1.54, 1.807) is 0 Å². The molecule has 0 unspecified atom stereocenters. The average molecular weight is 427 g/mol. The highest BCUT2D eigenvalue weighted by molar-refractivity contribution is 5.79. The van der Waals surface area contributed by atoms with Gasteiger partial charge in [-0.3, -0.25) is 9.69 Å². The number of aromatic amines is 1. The number of fused-ring (bicyclic) bond motifs is 1. The molecule has 2 N–H and O–H groups in total. The van der Waals surface area contributed by atoms with Gasteiger partial charge in [0.1, 0.15) is 0 Å². The maximum absolute atomic E-state index is 12.8. The van der Waals surface area contributed by atoms with E-state index in [0.717, 1.165) is 35.1 Å². The third-order valence-electron chi connectivity index (χ3n) is 6.11. The van der Waals surface area contributed by atoms with Gasteiger partial charge in [-0.2, -0.15) is 0 Å². The Hall–Kier alpha value is -2.58. The molecule has 8 heteroatoms. The molecule has 0 saturated carbocycles. The number of benzene rings is 1. The highest BCUT2D eigenvalue weighted by Gasteiger charge is 2.30. The summed E-state index contributed by atoms with van der Waals surface area (Å²) in [5.74, 6) is 0.792. The second-order valence-corrected chi connectivity index (χ2v) is 8.80. The number of nitrogens with one attached hydrogen (secondary N) is 1. The van der Waals surface area contributed by atoms with Crippen molar-refractivity contribution in [3.8, 4) is 0 Å². The molecule has 3 aromatic rings. The van der Waals surface area contributed by atoms with Crippen LogP contribution in [-0.2, 0) is 12.1 Å². The Morgan fingerprint density at radius 3 is 2.71 bits per heavy atom. The Kier molecular flexibility index (Phi) is 7.23. The minimum Gasteiger partial charge on any atom is -0.396 e. The zero-order chi connectivity index (χ0) is 22.6. The van der Waals surface area contributed by atoms with E-state index in [1.165, 1.54) is 0 Å². The fraction of sp³-hybridized carbons (Fsp3) is 0.565. The fourth-order valence-corrected chi connectivity index (χ4v) is 3.91. The first-order valence-corrected chi connectivity index (χ1v) is 11.1. The number of tetrazole rings is 1. The van der Waals surface area contributed by atoms with Crippen molar-refractivity contribution in [1.29, 1.82) is 0 Å². The van der Waals surface area contributed by atoms with Crippen LogP contribution in [0.3, 0.4) is 0 Å². The predicted octanol–water partition coefficient (Wildman–Crippen LogP) is 3.30. The summed E-state index contributed by atoms with van der Waals surface area (Å²) in [4.78, 5) is 18.0. The first-order chi connectivity index (χ1) is 14.8. The van der Waals surface area contributed by atoms with Crippen LogP contribution in [0.5, 0.6) is 0 Å². The van der Waals surface area contributed by atoms with Crippen molar-refractivity contribution in [2.24, 2.45) is 0 Å². The summed E-state index contributed by atoms with van der Waals surface area (Å²) in [5, 5.41) is 23.1. The molecule has 0 fully saturated rings. The quantitative estimate of drug-likeness (QED) is 0.516. The van der Waals surface area contributed by atoms with Crippen molar-refractivity contribution in [3.05, 3.63) is 51.6 Å². The topological polar surface area (TPSA) is 99.9 Å². The van der Waals surface area contributed by atoms with Crippen LogP contribution in [0.1, 0.15) is 70.0 Å². The standard InChI is InChI=1S/C23H34N6O2/c1-6-20(21-25-26-27-29(21)23(4,5)7-2)28(11-8-12-30)15-18-14-17-13-16(3)9-10-19(17)24-22(18)31/h9-10,13-14,20,30H,6-8,11-12,15H2,1-5H3,(H,24,31)/t20-/m1/s1. The Labute approximate surface area is 183 Å². The normalized spacial score (nSPS) is 13.3. The van der Waals surface area contributed by atoms with Gasteiger partial charge in [-0.15, -0.1) is 5.10 Å². The second-order valence-electron chi connectivity index (χ2n) is 8.80. The third-order valence-corrected chi connectivity index (χ3v) is 6.11. The lowest BCUT2D eigenvalue weighted by Gasteiger charge is -2.33. The molecule has 0 aliphatic rings. The van der Waals surface area contributed by atoms with Gasteiger partial charge in [0.05, 0.1) is 11.6 Å². The Bertz CT molecular complexity index is 1070. The van der Waals surface area contributed by atoms with Gasteiger partial charge in [0.15, 0.2) is 5.82 Å². The molecule has 2 aromatic heterocycles. The minimum atomic E-state index is -0.215. The molecule has 0 spiro atoms. The highest BCUT2D eigenvalue weighted by atomic mass is 16.3. The largest absolute Gasteiger partial charge is 0.396 e. The number of nitrogens with zero attached hydrogens (tertiary/aromatic N) is 5. The highest BCUT2D eigenvalue weighted by Crippen LogP contribution is 2.29. The molecule has 2 heterocycles. The lowest BCUT2D eigenvalue weighted by atomic mass is 10.0. The second kappa shape index (κ2) is 9.70. The molecule has 1 aromatic carbocycles. The molecule has 0 saturated heterocycles. The van der Waals surface area contributed by atoms with Crippen LogP contribution >= 0.6 is 0 Å². The van der Waals surface area contributed by atoms with Gasteiger partial charge in [0.25, 0.3) is 5.56 Å². The smallest absolute Gasteiger partial charge is 0.252 e. The third kappa shape index (κ3) is 5.02. The number of aliphatic hydroxyl groups excluding tert-OH is 1. The number of rotatable bonds is 10. The van der Waals surface area contributed by atoms with Gasteiger partial charge >= 0.3 is 0 Å². The SMILES string of the molecule is CC[C@H](c1nnnn1C(C)(C)CC)N(CCCO)Cc1cc2cc(C)ccc2[nH]c1=O. The lowest BCUT2D eigenvalue weighted by Crippen LogP contribution is -2.37. The van der Waals surface area contributed by atoms with Crippen molar-refractivity contribution in [3.63, 3.8) is 0 Å². The van der Waals surface area contributed by atoms with Crippen molar-refractivity contribution in [2.75, 3.05) is 13.2 Å². The predicted molar refractivity (Wildman–Crippen MR) is 122 cm³/mol. The van der Waals surface area contributed by atoms with E-state index in [1.807, 2.05) is 29.8 Å². The number of hydrogen-bond acceptors (Lipinski definition) is 6. The molecule has 0 radical (unpaired) electrons. The van der Waals surface area contributed by atoms with Gasteiger partial charge in [0, 0.05) is 30.8 Å². The van der Waals surface area contributed by atoms with Crippen LogP contribution in [0.2, 0.25) is 0 Å². The van der Waals surface area contributed by atoms with Crippen molar-refractivity contribution in [2.45, 2.75) is 72.0 Å². The van der Waals surface area contributed by atoms with Crippen LogP contribution in [0.25, 0.3) is 10.9 Å². The summed E-state index contributed by atoms with van der Waals surface area (Å²) in [5.41, 5.74) is 2.38. The zero-order valence-corrected chi connectivity index (χ0v) is 19.2. The van der Waals surface area contributed by atoms with E-state index < -0.39 is 0 Å². The van der Waals surface area contributed by atoms with E-state index in [9.17, 15) is 9.90 Å². The van der Waals surface area contributed by atoms with Gasteiger partial charge in [0.2, 0.25) is 0 Å². The van der Waals surface area contributed by atoms with Gasteiger partial charge in [-0.1, -0.05) is 25.5 Å². The average Bonchev–Trinajstić information content (AvgIpc) is 3.23. The molecular weight excluding hydrogens is 392 g/mol. The summed E-state index contributed by atoms with van der Waals surface area (Å²) in [6.45, 7) is 11.7. The molecule has 0 bridgehead atoms. The molecule has 8 nitrogen and oxygen atoms in total. The summed E-state index contributed by atoms with van der Waals surface area (Å²) in [7, 11) is 0. The maximum Gasteiger partial charge on any atom is 0.252 e.